The van der Waals surface area contributed by atoms with Gasteiger partial charge in [-0.25, -0.2) is 9.78 Å². The fourth-order valence-corrected chi connectivity index (χ4v) is 2.56. The molecule has 1 aromatic carbocycles. The third-order valence-electron chi connectivity index (χ3n) is 4.06. The highest BCUT2D eigenvalue weighted by Gasteiger charge is 2.23. The molecule has 10 nitrogen and oxygen atoms in total. The topological polar surface area (TPSA) is 152 Å². The summed E-state index contributed by atoms with van der Waals surface area (Å²) in [6, 6.07) is 5.76. The number of nitrogens with zero attached hydrogens (tertiary/aromatic N) is 2. The van der Waals surface area contributed by atoms with Crippen LogP contribution in [0.25, 0.3) is 0 Å². The molecule has 0 bridgehead atoms. The Kier molecular flexibility index (Phi) is 8.09. The Hall–Kier alpha value is -3.69. The quantitative estimate of drug-likeness (QED) is 0.260. The first-order valence-corrected chi connectivity index (χ1v) is 9.45. The van der Waals surface area contributed by atoms with Gasteiger partial charge in [-0.2, -0.15) is 0 Å². The predicted octanol–water partition coefficient (Wildman–Crippen LogP) is 1.19. The van der Waals surface area contributed by atoms with E-state index >= 15 is 0 Å². The predicted molar refractivity (Wildman–Crippen MR) is 111 cm³/mol. The molecule has 10 heteroatoms. The maximum absolute atomic E-state index is 12.3. The number of hydrogen-bond donors (Lipinski definition) is 4. The number of nitrogens with two attached hydrogens (primary N) is 1. The number of hydrogen-bond acceptors (Lipinski definition) is 6. The number of ether oxygens (including phenoxy) is 1. The van der Waals surface area contributed by atoms with Gasteiger partial charge in [0.15, 0.2) is 0 Å². The van der Waals surface area contributed by atoms with E-state index in [2.05, 4.69) is 15.6 Å². The smallest absolute Gasteiger partial charge is 0.331 e. The van der Waals surface area contributed by atoms with Crippen molar-refractivity contribution in [1.82, 2.24) is 14.9 Å². The number of esters is 1. The van der Waals surface area contributed by atoms with Gasteiger partial charge in [-0.3, -0.25) is 15.0 Å². The first-order valence-electron chi connectivity index (χ1n) is 9.45. The monoisotopic (exact) mass is 414 g/mol. The molecular formula is C20H26N6O4. The number of carbonyl (C=O) groups is 3. The number of rotatable bonds is 10. The van der Waals surface area contributed by atoms with E-state index in [4.69, 9.17) is 15.9 Å². The molecule has 30 heavy (non-hydrogen) atoms. The van der Waals surface area contributed by atoms with Crippen molar-refractivity contribution in [3.63, 3.8) is 0 Å². The number of anilines is 1. The van der Waals surface area contributed by atoms with Crippen molar-refractivity contribution in [2.45, 2.75) is 38.8 Å². The molecule has 1 unspecified atom stereocenters. The SMILES string of the molecule is CC(C)OC(=O)C(CNC(=O)CCC(=O)Nc1ccc(C(=N)N)cc1)n1ccnc1. The molecule has 0 radical (unpaired) electrons. The Morgan fingerprint density at radius 2 is 1.83 bits per heavy atom. The molecule has 0 saturated carbocycles. The van der Waals surface area contributed by atoms with Crippen LogP contribution in [0.4, 0.5) is 5.69 Å². The summed E-state index contributed by atoms with van der Waals surface area (Å²) in [5, 5.41) is 12.7. The number of amidine groups is 1. The van der Waals surface area contributed by atoms with Crippen molar-refractivity contribution >= 4 is 29.3 Å². The summed E-state index contributed by atoms with van der Waals surface area (Å²) in [7, 11) is 0. The zero-order valence-corrected chi connectivity index (χ0v) is 16.9. The normalized spacial score (nSPS) is 11.6. The molecule has 0 saturated heterocycles. The Morgan fingerprint density at radius 1 is 1.17 bits per heavy atom. The molecular weight excluding hydrogens is 388 g/mol. The van der Waals surface area contributed by atoms with Gasteiger partial charge in [0, 0.05) is 43.0 Å². The molecule has 1 atom stereocenters. The largest absolute Gasteiger partial charge is 0.461 e. The zero-order valence-electron chi connectivity index (χ0n) is 16.9. The van der Waals surface area contributed by atoms with E-state index in [1.165, 1.54) is 12.5 Å². The van der Waals surface area contributed by atoms with E-state index in [0.717, 1.165) is 0 Å². The molecule has 0 fully saturated rings. The summed E-state index contributed by atoms with van der Waals surface area (Å²) in [5.74, 6) is -1.23. The van der Waals surface area contributed by atoms with Gasteiger partial charge >= 0.3 is 5.97 Å². The van der Waals surface area contributed by atoms with Crippen LogP contribution in [-0.4, -0.2) is 45.8 Å². The number of imidazole rings is 1. The second-order valence-corrected chi connectivity index (χ2v) is 6.85. The van der Waals surface area contributed by atoms with Crippen molar-refractivity contribution in [2.24, 2.45) is 5.73 Å². The highest BCUT2D eigenvalue weighted by molar-refractivity contribution is 5.96. The van der Waals surface area contributed by atoms with Crippen LogP contribution in [-0.2, 0) is 19.1 Å². The third kappa shape index (κ3) is 7.04. The molecule has 5 N–H and O–H groups in total. The molecule has 160 valence electrons. The summed E-state index contributed by atoms with van der Waals surface area (Å²) in [4.78, 5) is 40.4. The van der Waals surface area contributed by atoms with Crippen LogP contribution in [0.1, 0.15) is 38.3 Å². The lowest BCUT2D eigenvalue weighted by Gasteiger charge is -2.19. The molecule has 0 aliphatic carbocycles. The Morgan fingerprint density at radius 3 is 2.40 bits per heavy atom. The first kappa shape index (κ1) is 22.6. The van der Waals surface area contributed by atoms with Crippen molar-refractivity contribution in [2.75, 3.05) is 11.9 Å². The van der Waals surface area contributed by atoms with Gasteiger partial charge in [-0.1, -0.05) is 0 Å². The zero-order chi connectivity index (χ0) is 22.1. The van der Waals surface area contributed by atoms with Crippen LogP contribution in [0.5, 0.6) is 0 Å². The van der Waals surface area contributed by atoms with Gasteiger partial charge in [-0.05, 0) is 38.1 Å². The summed E-state index contributed by atoms with van der Waals surface area (Å²) in [6.45, 7) is 3.51. The van der Waals surface area contributed by atoms with Crippen LogP contribution >= 0.6 is 0 Å². The molecule has 2 amide bonds. The molecule has 2 aromatic rings. The van der Waals surface area contributed by atoms with Gasteiger partial charge in [-0.15, -0.1) is 0 Å². The lowest BCUT2D eigenvalue weighted by Crippen LogP contribution is -2.36. The summed E-state index contributed by atoms with van der Waals surface area (Å²) in [5.41, 5.74) is 6.48. The van der Waals surface area contributed by atoms with E-state index in [-0.39, 0.29) is 43.1 Å². The minimum atomic E-state index is -0.743. The first-order chi connectivity index (χ1) is 14.3. The maximum Gasteiger partial charge on any atom is 0.331 e. The molecule has 1 aromatic heterocycles. The molecule has 0 aliphatic rings. The van der Waals surface area contributed by atoms with Crippen molar-refractivity contribution < 1.29 is 19.1 Å². The van der Waals surface area contributed by atoms with E-state index in [0.29, 0.717) is 11.3 Å². The number of nitrogen functional groups attached to an aromatic ring is 1. The van der Waals surface area contributed by atoms with E-state index in [1.54, 1.807) is 48.9 Å². The van der Waals surface area contributed by atoms with E-state index < -0.39 is 12.0 Å². The molecule has 1 heterocycles. The number of carbonyl (C=O) groups excluding carboxylic acids is 3. The van der Waals surface area contributed by atoms with Gasteiger partial charge in [0.25, 0.3) is 0 Å². The van der Waals surface area contributed by atoms with Gasteiger partial charge in [0.05, 0.1) is 12.4 Å². The van der Waals surface area contributed by atoms with Crippen LogP contribution in [0.3, 0.4) is 0 Å². The van der Waals surface area contributed by atoms with Crippen molar-refractivity contribution in [3.05, 3.63) is 48.5 Å². The fraction of sp³-hybridized carbons (Fsp3) is 0.350. The molecule has 0 spiro atoms. The number of benzene rings is 1. The highest BCUT2D eigenvalue weighted by atomic mass is 16.5. The van der Waals surface area contributed by atoms with Crippen molar-refractivity contribution in [1.29, 1.82) is 5.41 Å². The van der Waals surface area contributed by atoms with Crippen LogP contribution < -0.4 is 16.4 Å². The average Bonchev–Trinajstić information content (AvgIpc) is 3.21. The molecule has 2 rings (SSSR count). The second-order valence-electron chi connectivity index (χ2n) is 6.85. The highest BCUT2D eigenvalue weighted by Crippen LogP contribution is 2.11. The summed E-state index contributed by atoms with van der Waals surface area (Å²) in [6.07, 6.45) is 4.28. The number of nitrogens with one attached hydrogen (secondary N) is 3. The number of amides is 2. The second kappa shape index (κ2) is 10.7. The van der Waals surface area contributed by atoms with Gasteiger partial charge in [0.2, 0.25) is 11.8 Å². The fourth-order valence-electron chi connectivity index (χ4n) is 2.56. The lowest BCUT2D eigenvalue weighted by molar-refractivity contribution is -0.151. The van der Waals surface area contributed by atoms with Crippen LogP contribution in [0.2, 0.25) is 0 Å². The lowest BCUT2D eigenvalue weighted by atomic mass is 10.2. The Bertz CT molecular complexity index is 877. The Balaban J connectivity index is 1.81. The summed E-state index contributed by atoms with van der Waals surface area (Å²) < 4.78 is 6.79. The van der Waals surface area contributed by atoms with Gasteiger partial charge < -0.3 is 25.7 Å². The summed E-state index contributed by atoms with van der Waals surface area (Å²) >= 11 is 0. The van der Waals surface area contributed by atoms with Crippen LogP contribution in [0.15, 0.2) is 43.0 Å². The number of aromatic nitrogens is 2. The van der Waals surface area contributed by atoms with Crippen molar-refractivity contribution in [3.8, 4) is 0 Å². The van der Waals surface area contributed by atoms with E-state index in [1.807, 2.05) is 0 Å². The average molecular weight is 414 g/mol. The third-order valence-corrected chi connectivity index (χ3v) is 4.06. The minimum absolute atomic E-state index is 0.0214. The maximum atomic E-state index is 12.3. The van der Waals surface area contributed by atoms with E-state index in [9.17, 15) is 14.4 Å². The standard InChI is InChI=1S/C20H26N6O4/c1-13(2)30-20(29)16(26-10-9-23-12-26)11-24-17(27)7-8-18(28)25-15-5-3-14(4-6-15)19(21)22/h3-6,9-10,12-13,16H,7-8,11H2,1-2H3,(H3,21,22)(H,24,27)(H,25,28). The van der Waals surface area contributed by atoms with Gasteiger partial charge in [0.1, 0.15) is 11.9 Å². The molecule has 0 aliphatic heterocycles. The van der Waals surface area contributed by atoms with Crippen LogP contribution in [0, 0.1) is 5.41 Å². The Labute approximate surface area is 174 Å². The minimum Gasteiger partial charge on any atom is -0.461 e.